The molecule has 162 valence electrons. The molecule has 32 heavy (non-hydrogen) atoms. The summed E-state index contributed by atoms with van der Waals surface area (Å²) in [6, 6.07) is 7.22. The summed E-state index contributed by atoms with van der Waals surface area (Å²) in [6.45, 7) is 0.652. The van der Waals surface area contributed by atoms with Crippen LogP contribution < -0.4 is 10.1 Å². The number of ether oxygens (including phenoxy) is 1. The van der Waals surface area contributed by atoms with Crippen molar-refractivity contribution in [3.8, 4) is 16.9 Å². The molecule has 1 aliphatic carbocycles. The molecule has 1 aliphatic heterocycles. The zero-order valence-electron chi connectivity index (χ0n) is 17.4. The first-order valence-corrected chi connectivity index (χ1v) is 10.8. The van der Waals surface area contributed by atoms with E-state index in [1.54, 1.807) is 22.9 Å². The predicted molar refractivity (Wildman–Crippen MR) is 117 cm³/mol. The van der Waals surface area contributed by atoms with Crippen molar-refractivity contribution in [3.05, 3.63) is 71.2 Å². The average Bonchev–Trinajstić information content (AvgIpc) is 3.39. The van der Waals surface area contributed by atoms with E-state index in [0.29, 0.717) is 41.8 Å². The van der Waals surface area contributed by atoms with Crippen molar-refractivity contribution in [1.82, 2.24) is 19.4 Å². The summed E-state index contributed by atoms with van der Waals surface area (Å²) in [5.41, 5.74) is 5.54. The molecular weight excluding hydrogens is 409 g/mol. The molecule has 0 unspecified atom stereocenters. The summed E-state index contributed by atoms with van der Waals surface area (Å²) in [5, 5.41) is 12.9. The number of halogens is 1. The molecule has 3 aromatic heterocycles. The number of aliphatic hydroxyl groups excluding tert-OH is 1. The summed E-state index contributed by atoms with van der Waals surface area (Å²) in [7, 11) is 0. The van der Waals surface area contributed by atoms with Crippen LogP contribution in [0.4, 0.5) is 10.3 Å². The summed E-state index contributed by atoms with van der Waals surface area (Å²) < 4.78 is 21.9. The van der Waals surface area contributed by atoms with Crippen molar-refractivity contribution >= 4 is 11.6 Å². The lowest BCUT2D eigenvalue weighted by atomic mass is 10.0. The van der Waals surface area contributed by atoms with E-state index in [1.165, 1.54) is 18.9 Å². The number of pyridine rings is 1. The van der Waals surface area contributed by atoms with Crippen LogP contribution in [0, 0.1) is 5.82 Å². The first-order valence-electron chi connectivity index (χ1n) is 10.8. The van der Waals surface area contributed by atoms with E-state index in [0.717, 1.165) is 28.1 Å². The van der Waals surface area contributed by atoms with E-state index in [-0.39, 0.29) is 19.0 Å². The number of aromatic nitrogens is 4. The van der Waals surface area contributed by atoms with Gasteiger partial charge < -0.3 is 15.2 Å². The van der Waals surface area contributed by atoms with Gasteiger partial charge in [0.15, 0.2) is 0 Å². The van der Waals surface area contributed by atoms with Crippen molar-refractivity contribution in [2.45, 2.75) is 38.3 Å². The van der Waals surface area contributed by atoms with Gasteiger partial charge in [0.05, 0.1) is 18.9 Å². The van der Waals surface area contributed by atoms with Crippen molar-refractivity contribution in [2.75, 3.05) is 11.9 Å². The number of benzene rings is 1. The SMILES string of the molecule is OCc1cn2c(NCc3c(F)ccc4c3CCO4)ncc(-c3ccc(C4CC4)nc3)c2n1. The second-order valence-corrected chi connectivity index (χ2v) is 8.28. The smallest absolute Gasteiger partial charge is 0.208 e. The highest BCUT2D eigenvalue weighted by Gasteiger charge is 2.25. The Labute approximate surface area is 183 Å². The summed E-state index contributed by atoms with van der Waals surface area (Å²) >= 11 is 0. The van der Waals surface area contributed by atoms with Crippen LogP contribution in [0.5, 0.6) is 5.75 Å². The van der Waals surface area contributed by atoms with Gasteiger partial charge in [-0.3, -0.25) is 9.38 Å². The molecule has 0 spiro atoms. The van der Waals surface area contributed by atoms with Gasteiger partial charge in [0, 0.05) is 65.4 Å². The van der Waals surface area contributed by atoms with Crippen LogP contribution in [0.2, 0.25) is 0 Å². The van der Waals surface area contributed by atoms with Gasteiger partial charge in [0.1, 0.15) is 17.2 Å². The minimum absolute atomic E-state index is 0.183. The predicted octanol–water partition coefficient (Wildman–Crippen LogP) is 3.85. The number of fused-ring (bicyclic) bond motifs is 2. The Hall–Kier alpha value is -3.52. The van der Waals surface area contributed by atoms with Gasteiger partial charge in [0.25, 0.3) is 0 Å². The number of aliphatic hydroxyl groups is 1. The number of hydrogen-bond acceptors (Lipinski definition) is 6. The minimum atomic E-state index is -0.266. The zero-order chi connectivity index (χ0) is 21.7. The monoisotopic (exact) mass is 431 g/mol. The second-order valence-electron chi connectivity index (χ2n) is 8.28. The maximum Gasteiger partial charge on any atom is 0.208 e. The zero-order valence-corrected chi connectivity index (χ0v) is 17.4. The number of hydrogen-bond donors (Lipinski definition) is 2. The highest BCUT2D eigenvalue weighted by Crippen LogP contribution is 2.39. The van der Waals surface area contributed by atoms with Gasteiger partial charge in [-0.1, -0.05) is 6.07 Å². The Kier molecular flexibility index (Phi) is 4.53. The molecule has 8 heteroatoms. The molecule has 7 nitrogen and oxygen atoms in total. The third-order valence-electron chi connectivity index (χ3n) is 6.16. The second kappa shape index (κ2) is 7.56. The quantitative estimate of drug-likeness (QED) is 0.483. The first kappa shape index (κ1) is 19.2. The van der Waals surface area contributed by atoms with Crippen LogP contribution >= 0.6 is 0 Å². The van der Waals surface area contributed by atoms with E-state index < -0.39 is 0 Å². The lowest BCUT2D eigenvalue weighted by Gasteiger charge is -2.13. The van der Waals surface area contributed by atoms with Crippen LogP contribution in [0.1, 0.15) is 41.3 Å². The van der Waals surface area contributed by atoms with E-state index in [2.05, 4.69) is 26.3 Å². The highest BCUT2D eigenvalue weighted by atomic mass is 19.1. The Morgan fingerprint density at radius 1 is 1.16 bits per heavy atom. The van der Waals surface area contributed by atoms with Gasteiger partial charge in [-0.2, -0.15) is 0 Å². The molecule has 2 N–H and O–H groups in total. The highest BCUT2D eigenvalue weighted by molar-refractivity contribution is 5.77. The summed E-state index contributed by atoms with van der Waals surface area (Å²) in [4.78, 5) is 13.8. The normalized spacial score (nSPS) is 15.1. The van der Waals surface area contributed by atoms with E-state index >= 15 is 0 Å². The first-order chi connectivity index (χ1) is 15.7. The molecule has 0 bridgehead atoms. The Balaban J connectivity index is 1.35. The lowest BCUT2D eigenvalue weighted by Crippen LogP contribution is -2.09. The van der Waals surface area contributed by atoms with Gasteiger partial charge in [-0.05, 0) is 31.0 Å². The van der Waals surface area contributed by atoms with Crippen LogP contribution in [0.3, 0.4) is 0 Å². The van der Waals surface area contributed by atoms with Crippen molar-refractivity contribution < 1.29 is 14.2 Å². The third kappa shape index (κ3) is 3.27. The van der Waals surface area contributed by atoms with Crippen molar-refractivity contribution in [2.24, 2.45) is 0 Å². The molecule has 1 fully saturated rings. The Morgan fingerprint density at radius 3 is 2.84 bits per heavy atom. The fraction of sp³-hybridized carbons (Fsp3) is 0.292. The van der Waals surface area contributed by atoms with E-state index in [4.69, 9.17) is 4.74 Å². The molecule has 4 aromatic rings. The molecular formula is C24H22FN5O2. The molecule has 1 aromatic carbocycles. The Morgan fingerprint density at radius 2 is 2.06 bits per heavy atom. The average molecular weight is 431 g/mol. The molecule has 0 atom stereocenters. The van der Waals surface area contributed by atoms with E-state index in [1.807, 2.05) is 12.3 Å². The van der Waals surface area contributed by atoms with Crippen molar-refractivity contribution in [3.63, 3.8) is 0 Å². The molecule has 1 saturated carbocycles. The lowest BCUT2D eigenvalue weighted by molar-refractivity contribution is 0.277. The fourth-order valence-corrected chi connectivity index (χ4v) is 4.30. The molecule has 0 amide bonds. The fourth-order valence-electron chi connectivity index (χ4n) is 4.30. The molecule has 0 radical (unpaired) electrons. The van der Waals surface area contributed by atoms with Gasteiger partial charge in [-0.25, -0.2) is 14.4 Å². The van der Waals surface area contributed by atoms with Gasteiger partial charge in [-0.15, -0.1) is 0 Å². The molecule has 6 rings (SSSR count). The minimum Gasteiger partial charge on any atom is -0.493 e. The molecule has 0 saturated heterocycles. The summed E-state index contributed by atoms with van der Waals surface area (Å²) in [5.74, 6) is 1.59. The number of anilines is 1. The third-order valence-corrected chi connectivity index (χ3v) is 6.16. The van der Waals surface area contributed by atoms with Crippen molar-refractivity contribution in [1.29, 1.82) is 0 Å². The number of imidazole rings is 1. The Bertz CT molecular complexity index is 1310. The number of nitrogens with zero attached hydrogens (tertiary/aromatic N) is 4. The maximum absolute atomic E-state index is 14.5. The largest absolute Gasteiger partial charge is 0.493 e. The van der Waals surface area contributed by atoms with E-state index in [9.17, 15) is 9.50 Å². The van der Waals surface area contributed by atoms with Crippen LogP contribution in [0.25, 0.3) is 16.8 Å². The number of nitrogens with one attached hydrogen (secondary N) is 1. The van der Waals surface area contributed by atoms with Crippen LogP contribution in [-0.4, -0.2) is 31.1 Å². The maximum atomic E-state index is 14.5. The van der Waals surface area contributed by atoms with Gasteiger partial charge >= 0.3 is 0 Å². The topological polar surface area (TPSA) is 84.6 Å². The van der Waals surface area contributed by atoms with Crippen LogP contribution in [-0.2, 0) is 19.6 Å². The molecule has 4 heterocycles. The van der Waals surface area contributed by atoms with Crippen LogP contribution in [0.15, 0.2) is 42.9 Å². The number of rotatable bonds is 6. The molecule has 2 aliphatic rings. The summed E-state index contributed by atoms with van der Waals surface area (Å²) in [6.07, 6.45) is 8.44. The van der Waals surface area contributed by atoms with Gasteiger partial charge in [0.2, 0.25) is 5.95 Å². The standard InChI is InChI=1S/C24H22FN5O2/c25-20-4-6-22-17(7-8-32-22)19(20)11-28-24-27-10-18(23-29-16(13-31)12-30(23)24)15-3-5-21(26-9-15)14-1-2-14/h3-6,9-10,12,14,31H,1-2,7-8,11,13H2,(H,27,28).